The normalized spacial score (nSPS) is 17.3. The first-order chi connectivity index (χ1) is 12.2. The fourth-order valence-corrected chi connectivity index (χ4v) is 3.33. The largest absolute Gasteiger partial charge is 0.381 e. The molecule has 0 radical (unpaired) electrons. The Morgan fingerprint density at radius 3 is 2.50 bits per heavy atom. The second-order valence-electron chi connectivity index (χ2n) is 6.74. The minimum absolute atomic E-state index is 0. The minimum Gasteiger partial charge on any atom is -0.381 e. The molecular weight excluding hydrogens is 439 g/mol. The molecule has 0 aromatic heterocycles. The van der Waals surface area contributed by atoms with E-state index in [1.165, 1.54) is 11.1 Å². The van der Waals surface area contributed by atoms with Gasteiger partial charge in [-0.15, -0.1) is 24.0 Å². The maximum absolute atomic E-state index is 5.48. The number of aliphatic imine (C=N–C) groups is 1. The van der Waals surface area contributed by atoms with Crippen LogP contribution < -0.4 is 5.32 Å². The van der Waals surface area contributed by atoms with Crippen LogP contribution in [-0.4, -0.2) is 62.7 Å². The summed E-state index contributed by atoms with van der Waals surface area (Å²) in [5.41, 5.74) is 2.73. The lowest BCUT2D eigenvalue weighted by Gasteiger charge is -2.25. The lowest BCUT2D eigenvalue weighted by molar-refractivity contribution is 0.181. The van der Waals surface area contributed by atoms with Crippen LogP contribution >= 0.6 is 24.0 Å². The van der Waals surface area contributed by atoms with Crippen molar-refractivity contribution in [2.24, 2.45) is 10.9 Å². The molecular formula is C20H35IN4O. The van der Waals surface area contributed by atoms with Crippen molar-refractivity contribution in [2.45, 2.75) is 33.4 Å². The van der Waals surface area contributed by atoms with Gasteiger partial charge in [0.15, 0.2) is 5.96 Å². The number of hydrogen-bond acceptors (Lipinski definition) is 3. The van der Waals surface area contributed by atoms with Crippen molar-refractivity contribution in [3.8, 4) is 0 Å². The first-order valence-electron chi connectivity index (χ1n) is 9.46. The Morgan fingerprint density at radius 2 is 1.92 bits per heavy atom. The molecule has 0 spiro atoms. The van der Waals surface area contributed by atoms with E-state index in [-0.39, 0.29) is 24.0 Å². The van der Waals surface area contributed by atoms with Crippen molar-refractivity contribution in [3.05, 3.63) is 35.4 Å². The molecule has 0 bridgehead atoms. The molecule has 1 heterocycles. The third-order valence-electron chi connectivity index (χ3n) is 4.97. The van der Waals surface area contributed by atoms with E-state index in [9.17, 15) is 0 Å². The Morgan fingerprint density at radius 1 is 1.23 bits per heavy atom. The number of nitrogens with zero attached hydrogens (tertiary/aromatic N) is 3. The summed E-state index contributed by atoms with van der Waals surface area (Å²) in [5.74, 6) is 1.56. The quantitative estimate of drug-likeness (QED) is 0.357. The number of ether oxygens (including phenoxy) is 1. The van der Waals surface area contributed by atoms with E-state index in [0.717, 1.165) is 58.3 Å². The van der Waals surface area contributed by atoms with Gasteiger partial charge in [-0.3, -0.25) is 9.89 Å². The van der Waals surface area contributed by atoms with Crippen molar-refractivity contribution in [3.63, 3.8) is 0 Å². The highest BCUT2D eigenvalue weighted by Gasteiger charge is 2.19. The van der Waals surface area contributed by atoms with E-state index >= 15 is 0 Å². The van der Waals surface area contributed by atoms with Gasteiger partial charge in [0.2, 0.25) is 0 Å². The molecule has 1 aliphatic heterocycles. The summed E-state index contributed by atoms with van der Waals surface area (Å²) >= 11 is 0. The number of halogens is 1. The molecule has 5 nitrogen and oxygen atoms in total. The van der Waals surface area contributed by atoms with E-state index < -0.39 is 0 Å². The average Bonchev–Trinajstić information content (AvgIpc) is 3.14. The van der Waals surface area contributed by atoms with Crippen molar-refractivity contribution in [1.29, 1.82) is 0 Å². The summed E-state index contributed by atoms with van der Waals surface area (Å²) in [7, 11) is 3.96. The Bertz CT molecular complexity index is 542. The van der Waals surface area contributed by atoms with Crippen LogP contribution in [0.25, 0.3) is 0 Å². The van der Waals surface area contributed by atoms with E-state index in [4.69, 9.17) is 4.74 Å². The molecule has 1 unspecified atom stereocenters. The van der Waals surface area contributed by atoms with Crippen LogP contribution in [-0.2, 0) is 17.8 Å². The van der Waals surface area contributed by atoms with Gasteiger partial charge in [0, 0.05) is 46.3 Å². The number of hydrogen-bond donors (Lipinski definition) is 1. The fraction of sp³-hybridized carbons (Fsp3) is 0.650. The van der Waals surface area contributed by atoms with Crippen LogP contribution in [0.5, 0.6) is 0 Å². The Hall–Kier alpha value is -0.860. The lowest BCUT2D eigenvalue weighted by atomic mass is 10.1. The van der Waals surface area contributed by atoms with E-state index in [1.807, 2.05) is 7.05 Å². The van der Waals surface area contributed by atoms with Crippen LogP contribution in [0.4, 0.5) is 0 Å². The number of benzene rings is 1. The number of nitrogens with one attached hydrogen (secondary N) is 1. The lowest BCUT2D eigenvalue weighted by Crippen LogP contribution is -2.41. The van der Waals surface area contributed by atoms with Gasteiger partial charge in [-0.25, -0.2) is 0 Å². The second-order valence-corrected chi connectivity index (χ2v) is 6.74. The molecule has 1 fully saturated rings. The standard InChI is InChI=1S/C20H34N4O.HI/c1-5-24(6-2)15-19-10-8-7-9-18(19)13-22-20(21-3)23(4)14-17-11-12-25-16-17;/h7-10,17H,5-6,11-16H2,1-4H3,(H,21,22);1H. The molecule has 1 aromatic rings. The fourth-order valence-electron chi connectivity index (χ4n) is 3.33. The van der Waals surface area contributed by atoms with Crippen LogP contribution in [0.15, 0.2) is 29.3 Å². The maximum atomic E-state index is 5.48. The molecule has 1 aromatic carbocycles. The van der Waals surface area contributed by atoms with Gasteiger partial charge in [-0.05, 0) is 30.6 Å². The monoisotopic (exact) mass is 474 g/mol. The van der Waals surface area contributed by atoms with E-state index in [1.54, 1.807) is 0 Å². The SMILES string of the molecule is CCN(CC)Cc1ccccc1CNC(=NC)N(C)CC1CCOC1.I. The third-order valence-corrected chi connectivity index (χ3v) is 4.97. The van der Waals surface area contributed by atoms with Crippen LogP contribution in [0.1, 0.15) is 31.4 Å². The Balaban J connectivity index is 0.00000338. The van der Waals surface area contributed by atoms with Crippen LogP contribution in [0, 0.1) is 5.92 Å². The first-order valence-corrected chi connectivity index (χ1v) is 9.46. The third kappa shape index (κ3) is 7.04. The molecule has 148 valence electrons. The average molecular weight is 474 g/mol. The predicted octanol–water partition coefficient (Wildman–Crippen LogP) is 3.19. The highest BCUT2D eigenvalue weighted by atomic mass is 127. The Labute approximate surface area is 176 Å². The molecule has 1 N–H and O–H groups in total. The van der Waals surface area contributed by atoms with E-state index in [0.29, 0.717) is 5.92 Å². The summed E-state index contributed by atoms with van der Waals surface area (Å²) in [4.78, 5) is 9.11. The van der Waals surface area contributed by atoms with Crippen molar-refractivity contribution in [1.82, 2.24) is 15.1 Å². The smallest absolute Gasteiger partial charge is 0.193 e. The highest BCUT2D eigenvalue weighted by Crippen LogP contribution is 2.14. The van der Waals surface area contributed by atoms with Crippen molar-refractivity contribution in [2.75, 3.05) is 46.9 Å². The van der Waals surface area contributed by atoms with Gasteiger partial charge < -0.3 is 15.0 Å². The van der Waals surface area contributed by atoms with Gasteiger partial charge in [-0.1, -0.05) is 38.1 Å². The molecule has 26 heavy (non-hydrogen) atoms. The molecule has 1 aliphatic rings. The van der Waals surface area contributed by atoms with E-state index in [2.05, 4.69) is 65.3 Å². The Kier molecular flexibility index (Phi) is 11.2. The van der Waals surface area contributed by atoms with Gasteiger partial charge in [0.25, 0.3) is 0 Å². The minimum atomic E-state index is 0. The molecule has 0 amide bonds. The predicted molar refractivity (Wildman–Crippen MR) is 120 cm³/mol. The summed E-state index contributed by atoms with van der Waals surface area (Å²) in [6, 6.07) is 8.69. The summed E-state index contributed by atoms with van der Waals surface area (Å²) in [6.45, 7) is 11.1. The van der Waals surface area contributed by atoms with Crippen molar-refractivity contribution < 1.29 is 4.74 Å². The van der Waals surface area contributed by atoms with Crippen LogP contribution in [0.3, 0.4) is 0 Å². The number of guanidine groups is 1. The molecule has 0 saturated carbocycles. The molecule has 0 aliphatic carbocycles. The van der Waals surface area contributed by atoms with Crippen molar-refractivity contribution >= 4 is 29.9 Å². The van der Waals surface area contributed by atoms with Gasteiger partial charge in [0.05, 0.1) is 6.61 Å². The molecule has 1 saturated heterocycles. The first kappa shape index (κ1) is 23.2. The summed E-state index contributed by atoms with van der Waals surface area (Å²) < 4.78 is 5.48. The second kappa shape index (κ2) is 12.5. The van der Waals surface area contributed by atoms with Gasteiger partial charge in [-0.2, -0.15) is 0 Å². The summed E-state index contributed by atoms with van der Waals surface area (Å²) in [6.07, 6.45) is 1.15. The van der Waals surface area contributed by atoms with Gasteiger partial charge >= 0.3 is 0 Å². The van der Waals surface area contributed by atoms with Gasteiger partial charge in [0.1, 0.15) is 0 Å². The maximum Gasteiger partial charge on any atom is 0.193 e. The molecule has 2 rings (SSSR count). The van der Waals surface area contributed by atoms with Crippen LogP contribution in [0.2, 0.25) is 0 Å². The zero-order chi connectivity index (χ0) is 18.1. The highest BCUT2D eigenvalue weighted by molar-refractivity contribution is 14.0. The molecule has 6 heteroatoms. The topological polar surface area (TPSA) is 40.1 Å². The molecule has 1 atom stereocenters. The zero-order valence-electron chi connectivity index (χ0n) is 16.7. The summed E-state index contributed by atoms with van der Waals surface area (Å²) in [5, 5.41) is 3.53. The number of rotatable bonds is 8. The zero-order valence-corrected chi connectivity index (χ0v) is 19.0.